The largest absolute Gasteiger partial charge is 0.394 e. The number of Topliss-reactive ketones (excluding diaryl/α,β-unsaturated/α-hetero) is 1. The number of terminal acetylenes is 1. The summed E-state index contributed by atoms with van der Waals surface area (Å²) in [5, 5.41) is 17.8. The second kappa shape index (κ2) is 14.6. The second-order valence-corrected chi connectivity index (χ2v) is 5.47. The van der Waals surface area contributed by atoms with Gasteiger partial charge in [0.15, 0.2) is 0 Å². The van der Waals surface area contributed by atoms with Crippen LogP contribution in [0.1, 0.15) is 77.0 Å². The van der Waals surface area contributed by atoms with E-state index >= 15 is 0 Å². The molecule has 0 aliphatic rings. The maximum atomic E-state index is 11.4. The van der Waals surface area contributed by atoms with Crippen LogP contribution in [-0.2, 0) is 4.79 Å². The van der Waals surface area contributed by atoms with Gasteiger partial charge in [-0.05, 0) is 12.8 Å². The van der Waals surface area contributed by atoms with Crippen molar-refractivity contribution in [3.05, 3.63) is 0 Å². The smallest absolute Gasteiger partial charge is 0.135 e. The quantitative estimate of drug-likeness (QED) is 0.380. The van der Waals surface area contributed by atoms with Crippen molar-refractivity contribution in [1.29, 1.82) is 0 Å². The molecule has 0 spiro atoms. The molecule has 2 N–H and O–H groups in total. The van der Waals surface area contributed by atoms with Gasteiger partial charge in [-0.25, -0.2) is 0 Å². The Morgan fingerprint density at radius 3 is 1.95 bits per heavy atom. The molecule has 0 amide bonds. The van der Waals surface area contributed by atoms with E-state index < -0.39 is 6.10 Å². The number of hydrogen-bond acceptors (Lipinski definition) is 3. The molecule has 116 valence electrons. The number of ketones is 1. The molecular formula is C17H30O3. The minimum atomic E-state index is -0.878. The third kappa shape index (κ3) is 13.6. The van der Waals surface area contributed by atoms with Crippen molar-refractivity contribution in [2.24, 2.45) is 0 Å². The summed E-state index contributed by atoms with van der Waals surface area (Å²) in [6.07, 6.45) is 16.5. The van der Waals surface area contributed by atoms with Crippen LogP contribution in [0.25, 0.3) is 0 Å². The Morgan fingerprint density at radius 2 is 1.45 bits per heavy atom. The van der Waals surface area contributed by atoms with Gasteiger partial charge in [-0.1, -0.05) is 44.9 Å². The molecule has 0 aromatic heterocycles. The lowest BCUT2D eigenvalue weighted by Gasteiger charge is -2.05. The van der Waals surface area contributed by atoms with Gasteiger partial charge < -0.3 is 10.2 Å². The van der Waals surface area contributed by atoms with E-state index in [9.17, 15) is 4.79 Å². The average molecular weight is 282 g/mol. The molecule has 0 saturated heterocycles. The Hall–Kier alpha value is -0.850. The lowest BCUT2D eigenvalue weighted by molar-refractivity contribution is -0.121. The molecule has 0 aromatic carbocycles. The lowest BCUT2D eigenvalue weighted by Crippen LogP contribution is -2.17. The highest BCUT2D eigenvalue weighted by molar-refractivity contribution is 5.78. The first-order valence-electron chi connectivity index (χ1n) is 7.94. The number of carbonyl (C=O) groups excluding carboxylic acids is 1. The zero-order chi connectivity index (χ0) is 15.1. The Morgan fingerprint density at radius 1 is 0.950 bits per heavy atom. The summed E-state index contributed by atoms with van der Waals surface area (Å²) >= 11 is 0. The van der Waals surface area contributed by atoms with E-state index in [4.69, 9.17) is 16.6 Å². The zero-order valence-corrected chi connectivity index (χ0v) is 12.6. The fourth-order valence-corrected chi connectivity index (χ4v) is 2.22. The second-order valence-electron chi connectivity index (χ2n) is 5.47. The van der Waals surface area contributed by atoms with Crippen molar-refractivity contribution in [2.45, 2.75) is 83.2 Å². The Bertz CT molecular complexity index is 268. The zero-order valence-electron chi connectivity index (χ0n) is 12.6. The van der Waals surface area contributed by atoms with Crippen LogP contribution >= 0.6 is 0 Å². The molecule has 3 nitrogen and oxygen atoms in total. The molecular weight excluding hydrogens is 252 g/mol. The molecule has 0 rings (SSSR count). The first kappa shape index (κ1) is 19.1. The lowest BCUT2D eigenvalue weighted by atomic mass is 10.0. The summed E-state index contributed by atoms with van der Waals surface area (Å²) in [6, 6.07) is 0. The number of hydrogen-bond donors (Lipinski definition) is 2. The Labute approximate surface area is 123 Å². The fraction of sp³-hybridized carbons (Fsp3) is 0.824. The molecule has 0 fully saturated rings. The fourth-order valence-electron chi connectivity index (χ4n) is 2.22. The molecule has 1 atom stereocenters. The predicted molar refractivity (Wildman–Crippen MR) is 82.3 cm³/mol. The maximum absolute atomic E-state index is 11.4. The predicted octanol–water partition coefficient (Wildman–Crippen LogP) is 3.22. The van der Waals surface area contributed by atoms with Crippen LogP contribution in [0.3, 0.4) is 0 Å². The summed E-state index contributed by atoms with van der Waals surface area (Å²) in [5.74, 6) is 2.72. The van der Waals surface area contributed by atoms with Crippen LogP contribution in [0.2, 0.25) is 0 Å². The van der Waals surface area contributed by atoms with Crippen LogP contribution < -0.4 is 0 Å². The van der Waals surface area contributed by atoms with Crippen molar-refractivity contribution < 1.29 is 15.0 Å². The van der Waals surface area contributed by atoms with E-state index in [1.54, 1.807) is 0 Å². The van der Waals surface area contributed by atoms with Crippen LogP contribution in [0.4, 0.5) is 0 Å². The number of aliphatic hydroxyl groups is 2. The number of carbonyl (C=O) groups is 1. The van der Waals surface area contributed by atoms with E-state index in [2.05, 4.69) is 5.92 Å². The monoisotopic (exact) mass is 282 g/mol. The van der Waals surface area contributed by atoms with Gasteiger partial charge in [-0.15, -0.1) is 12.3 Å². The topological polar surface area (TPSA) is 57.5 Å². The van der Waals surface area contributed by atoms with E-state index in [1.165, 1.54) is 38.5 Å². The molecule has 0 aromatic rings. The highest BCUT2D eigenvalue weighted by Crippen LogP contribution is 2.11. The summed E-state index contributed by atoms with van der Waals surface area (Å²) in [6.45, 7) is -0.326. The van der Waals surface area contributed by atoms with Gasteiger partial charge in [-0.2, -0.15) is 0 Å². The molecule has 3 heteroatoms. The van der Waals surface area contributed by atoms with Gasteiger partial charge in [0.1, 0.15) is 5.78 Å². The number of unbranched alkanes of at least 4 members (excludes halogenated alkanes) is 9. The molecule has 1 unspecified atom stereocenters. The van der Waals surface area contributed by atoms with Crippen molar-refractivity contribution in [3.63, 3.8) is 0 Å². The summed E-state index contributed by atoms with van der Waals surface area (Å²) in [4.78, 5) is 11.4. The summed E-state index contributed by atoms with van der Waals surface area (Å²) < 4.78 is 0. The standard InChI is InChI=1S/C17H30O3/c1-2-3-4-5-6-7-8-9-10-11-12-13-16(19)14-17(20)15-18/h1,17-18,20H,3-15H2. The third-order valence-electron chi connectivity index (χ3n) is 3.45. The van der Waals surface area contributed by atoms with Gasteiger partial charge in [-0.3, -0.25) is 4.79 Å². The van der Waals surface area contributed by atoms with E-state index in [-0.39, 0.29) is 18.8 Å². The van der Waals surface area contributed by atoms with E-state index in [1.807, 2.05) is 0 Å². The first-order chi connectivity index (χ1) is 9.70. The van der Waals surface area contributed by atoms with Crippen LogP contribution in [-0.4, -0.2) is 28.7 Å². The van der Waals surface area contributed by atoms with Crippen LogP contribution in [0, 0.1) is 12.3 Å². The van der Waals surface area contributed by atoms with Crippen molar-refractivity contribution in [3.8, 4) is 12.3 Å². The minimum Gasteiger partial charge on any atom is -0.394 e. The molecule has 0 heterocycles. The molecule has 0 aliphatic heterocycles. The SMILES string of the molecule is C#CCCCCCCCCCCCC(=O)CC(O)CO. The summed E-state index contributed by atoms with van der Waals surface area (Å²) in [5.41, 5.74) is 0. The van der Waals surface area contributed by atoms with Gasteiger partial charge in [0.2, 0.25) is 0 Å². The van der Waals surface area contributed by atoms with Crippen molar-refractivity contribution in [2.75, 3.05) is 6.61 Å². The molecule has 0 radical (unpaired) electrons. The van der Waals surface area contributed by atoms with Crippen molar-refractivity contribution >= 4 is 5.78 Å². The van der Waals surface area contributed by atoms with Gasteiger partial charge in [0, 0.05) is 19.3 Å². The number of rotatable bonds is 14. The molecule has 20 heavy (non-hydrogen) atoms. The highest BCUT2D eigenvalue weighted by Gasteiger charge is 2.08. The van der Waals surface area contributed by atoms with E-state index in [0.29, 0.717) is 6.42 Å². The Kier molecular flexibility index (Phi) is 13.9. The molecule has 0 bridgehead atoms. The third-order valence-corrected chi connectivity index (χ3v) is 3.45. The minimum absolute atomic E-state index is 0.0556. The van der Waals surface area contributed by atoms with Crippen LogP contribution in [0.5, 0.6) is 0 Å². The molecule has 0 aliphatic carbocycles. The summed E-state index contributed by atoms with van der Waals surface area (Å²) in [7, 11) is 0. The normalized spacial score (nSPS) is 12.1. The van der Waals surface area contributed by atoms with Crippen LogP contribution in [0.15, 0.2) is 0 Å². The average Bonchev–Trinajstić information content (AvgIpc) is 2.44. The van der Waals surface area contributed by atoms with Gasteiger partial charge in [0.25, 0.3) is 0 Å². The molecule has 0 saturated carbocycles. The van der Waals surface area contributed by atoms with Gasteiger partial charge in [0.05, 0.1) is 12.7 Å². The first-order valence-corrected chi connectivity index (χ1v) is 7.94. The number of aliphatic hydroxyl groups excluding tert-OH is 2. The van der Waals surface area contributed by atoms with Crippen molar-refractivity contribution in [1.82, 2.24) is 0 Å². The Balaban J connectivity index is 3.17. The van der Waals surface area contributed by atoms with Gasteiger partial charge >= 0.3 is 0 Å². The highest BCUT2D eigenvalue weighted by atomic mass is 16.3. The maximum Gasteiger partial charge on any atom is 0.135 e. The van der Waals surface area contributed by atoms with E-state index in [0.717, 1.165) is 25.7 Å².